The van der Waals surface area contributed by atoms with Crippen molar-refractivity contribution in [3.05, 3.63) is 18.3 Å². The Balaban J connectivity index is 1.96. The topological polar surface area (TPSA) is 63.6 Å². The molecule has 0 bridgehead atoms. The van der Waals surface area contributed by atoms with Crippen LogP contribution in [0.4, 0.5) is 5.82 Å². The number of ether oxygens (including phenoxy) is 2. The van der Waals surface area contributed by atoms with Crippen molar-refractivity contribution in [3.8, 4) is 5.75 Å². The third-order valence-corrected chi connectivity index (χ3v) is 3.08. The second kappa shape index (κ2) is 6.02. The average Bonchev–Trinajstić information content (AvgIpc) is 2.39. The molecule has 18 heavy (non-hydrogen) atoms. The van der Waals surface area contributed by atoms with Gasteiger partial charge in [0.1, 0.15) is 0 Å². The molecule has 5 heteroatoms. The summed E-state index contributed by atoms with van der Waals surface area (Å²) in [5, 5.41) is 13.5. The van der Waals surface area contributed by atoms with Crippen LogP contribution in [0.1, 0.15) is 19.8 Å². The Morgan fingerprint density at radius 3 is 3.00 bits per heavy atom. The van der Waals surface area contributed by atoms with E-state index in [1.54, 1.807) is 6.20 Å². The number of anilines is 1. The minimum atomic E-state index is -0.709. The zero-order valence-corrected chi connectivity index (χ0v) is 10.7. The minimum Gasteiger partial charge on any atom is -0.490 e. The molecule has 0 unspecified atom stereocenters. The maximum atomic E-state index is 10.3. The van der Waals surface area contributed by atoms with E-state index in [1.807, 2.05) is 19.1 Å². The molecular weight excluding hydrogens is 232 g/mol. The van der Waals surface area contributed by atoms with Crippen LogP contribution in [0.5, 0.6) is 5.75 Å². The van der Waals surface area contributed by atoms with Crippen LogP contribution >= 0.6 is 0 Å². The molecule has 5 nitrogen and oxygen atoms in total. The fourth-order valence-corrected chi connectivity index (χ4v) is 1.97. The normalized spacial score (nSPS) is 18.3. The second-order valence-corrected chi connectivity index (χ2v) is 4.47. The highest BCUT2D eigenvalue weighted by Crippen LogP contribution is 2.24. The molecule has 1 aliphatic rings. The number of aromatic nitrogens is 1. The van der Waals surface area contributed by atoms with Crippen molar-refractivity contribution >= 4 is 5.82 Å². The first-order valence-corrected chi connectivity index (χ1v) is 6.35. The summed E-state index contributed by atoms with van der Waals surface area (Å²) < 4.78 is 10.7. The Labute approximate surface area is 107 Å². The van der Waals surface area contributed by atoms with Gasteiger partial charge in [0.05, 0.1) is 12.2 Å². The van der Waals surface area contributed by atoms with Gasteiger partial charge in [0.25, 0.3) is 0 Å². The van der Waals surface area contributed by atoms with Crippen LogP contribution in [0.2, 0.25) is 0 Å². The predicted molar refractivity (Wildman–Crippen MR) is 68.9 cm³/mol. The number of rotatable bonds is 5. The van der Waals surface area contributed by atoms with Gasteiger partial charge in [-0.3, -0.25) is 0 Å². The molecule has 1 fully saturated rings. The standard InChI is InChI=1S/C13H20N2O3/c1-2-18-11-4-3-7-14-12(11)15-10-13(16)5-8-17-9-6-13/h3-4,7,16H,2,5-6,8-10H2,1H3,(H,14,15). The molecule has 0 amide bonds. The van der Waals surface area contributed by atoms with Crippen molar-refractivity contribution in [2.75, 3.05) is 31.7 Å². The summed E-state index contributed by atoms with van der Waals surface area (Å²) in [7, 11) is 0. The van der Waals surface area contributed by atoms with Gasteiger partial charge < -0.3 is 19.9 Å². The molecule has 0 atom stereocenters. The van der Waals surface area contributed by atoms with E-state index in [-0.39, 0.29) is 0 Å². The average molecular weight is 252 g/mol. The number of hydrogen-bond acceptors (Lipinski definition) is 5. The van der Waals surface area contributed by atoms with Gasteiger partial charge in [-0.1, -0.05) is 0 Å². The number of hydrogen-bond donors (Lipinski definition) is 2. The predicted octanol–water partition coefficient (Wildman–Crippen LogP) is 1.43. The Kier molecular flexibility index (Phi) is 4.38. The van der Waals surface area contributed by atoms with Gasteiger partial charge in [0.2, 0.25) is 0 Å². The Morgan fingerprint density at radius 2 is 2.28 bits per heavy atom. The largest absolute Gasteiger partial charge is 0.490 e. The molecule has 0 aromatic carbocycles. The molecule has 2 rings (SSSR count). The Hall–Kier alpha value is -1.33. The fourth-order valence-electron chi connectivity index (χ4n) is 1.97. The third-order valence-electron chi connectivity index (χ3n) is 3.08. The SMILES string of the molecule is CCOc1cccnc1NCC1(O)CCOCC1. The highest BCUT2D eigenvalue weighted by molar-refractivity contribution is 5.49. The minimum absolute atomic E-state index is 0.466. The van der Waals surface area contributed by atoms with Gasteiger partial charge in [-0.15, -0.1) is 0 Å². The van der Waals surface area contributed by atoms with E-state index in [0.717, 1.165) is 5.75 Å². The summed E-state index contributed by atoms with van der Waals surface area (Å²) in [6.07, 6.45) is 3.01. The van der Waals surface area contributed by atoms with E-state index >= 15 is 0 Å². The summed E-state index contributed by atoms with van der Waals surface area (Å²) in [5.74, 6) is 1.40. The summed E-state index contributed by atoms with van der Waals surface area (Å²) in [6.45, 7) is 4.21. The molecule has 0 spiro atoms. The van der Waals surface area contributed by atoms with Crippen molar-refractivity contribution in [2.45, 2.75) is 25.4 Å². The lowest BCUT2D eigenvalue weighted by atomic mass is 9.94. The van der Waals surface area contributed by atoms with Gasteiger partial charge in [-0.25, -0.2) is 4.98 Å². The zero-order valence-electron chi connectivity index (χ0n) is 10.7. The first-order valence-electron chi connectivity index (χ1n) is 6.35. The maximum absolute atomic E-state index is 10.3. The van der Waals surface area contributed by atoms with Crippen LogP contribution in [0.3, 0.4) is 0 Å². The second-order valence-electron chi connectivity index (χ2n) is 4.47. The van der Waals surface area contributed by atoms with Crippen LogP contribution in [0, 0.1) is 0 Å². The van der Waals surface area contributed by atoms with Crippen LogP contribution < -0.4 is 10.1 Å². The van der Waals surface area contributed by atoms with Crippen LogP contribution in [0.25, 0.3) is 0 Å². The zero-order chi connectivity index (χ0) is 12.8. The molecule has 0 radical (unpaired) electrons. The number of nitrogens with one attached hydrogen (secondary N) is 1. The van der Waals surface area contributed by atoms with Gasteiger partial charge >= 0.3 is 0 Å². The molecular formula is C13H20N2O3. The molecule has 100 valence electrons. The lowest BCUT2D eigenvalue weighted by molar-refractivity contribution is -0.0543. The lowest BCUT2D eigenvalue weighted by Gasteiger charge is -2.32. The van der Waals surface area contributed by atoms with E-state index < -0.39 is 5.60 Å². The molecule has 1 aliphatic heterocycles. The molecule has 1 saturated heterocycles. The summed E-state index contributed by atoms with van der Waals surface area (Å²) in [5.41, 5.74) is -0.709. The van der Waals surface area contributed by atoms with Crippen LogP contribution in [-0.2, 0) is 4.74 Å². The molecule has 0 saturated carbocycles. The van der Waals surface area contributed by atoms with Crippen molar-refractivity contribution in [2.24, 2.45) is 0 Å². The van der Waals surface area contributed by atoms with E-state index in [0.29, 0.717) is 45.0 Å². The van der Waals surface area contributed by atoms with Crippen molar-refractivity contribution in [1.82, 2.24) is 4.98 Å². The van der Waals surface area contributed by atoms with Crippen molar-refractivity contribution in [3.63, 3.8) is 0 Å². The third kappa shape index (κ3) is 3.34. The van der Waals surface area contributed by atoms with Gasteiger partial charge in [-0.05, 0) is 19.1 Å². The summed E-state index contributed by atoms with van der Waals surface area (Å²) in [6, 6.07) is 3.70. The fraction of sp³-hybridized carbons (Fsp3) is 0.615. The van der Waals surface area contributed by atoms with E-state index in [4.69, 9.17) is 9.47 Å². The van der Waals surface area contributed by atoms with Gasteiger partial charge in [0, 0.05) is 38.8 Å². The monoisotopic (exact) mass is 252 g/mol. The van der Waals surface area contributed by atoms with E-state index in [2.05, 4.69) is 10.3 Å². The van der Waals surface area contributed by atoms with Crippen molar-refractivity contribution in [1.29, 1.82) is 0 Å². The Bertz CT molecular complexity index is 378. The van der Waals surface area contributed by atoms with Gasteiger partial charge in [0.15, 0.2) is 11.6 Å². The van der Waals surface area contributed by atoms with Gasteiger partial charge in [-0.2, -0.15) is 0 Å². The molecule has 0 aliphatic carbocycles. The summed E-state index contributed by atoms with van der Waals surface area (Å²) >= 11 is 0. The maximum Gasteiger partial charge on any atom is 0.168 e. The molecule has 1 aromatic rings. The highest BCUT2D eigenvalue weighted by atomic mass is 16.5. The first-order chi connectivity index (χ1) is 8.73. The number of nitrogens with zero attached hydrogens (tertiary/aromatic N) is 1. The Morgan fingerprint density at radius 1 is 1.50 bits per heavy atom. The van der Waals surface area contributed by atoms with Crippen molar-refractivity contribution < 1.29 is 14.6 Å². The molecule has 1 aromatic heterocycles. The van der Waals surface area contributed by atoms with Crippen LogP contribution in [0.15, 0.2) is 18.3 Å². The molecule has 2 N–H and O–H groups in total. The summed E-state index contributed by atoms with van der Waals surface area (Å²) in [4.78, 5) is 4.23. The number of pyridine rings is 1. The van der Waals surface area contributed by atoms with E-state index in [1.165, 1.54) is 0 Å². The highest BCUT2D eigenvalue weighted by Gasteiger charge is 2.29. The first kappa shape index (κ1) is 13.1. The molecule has 2 heterocycles. The van der Waals surface area contributed by atoms with E-state index in [9.17, 15) is 5.11 Å². The van der Waals surface area contributed by atoms with Crippen LogP contribution in [-0.4, -0.2) is 42.1 Å². The quantitative estimate of drug-likeness (QED) is 0.830. The lowest BCUT2D eigenvalue weighted by Crippen LogP contribution is -2.42. The smallest absolute Gasteiger partial charge is 0.168 e. The number of aliphatic hydroxyl groups is 1.